The van der Waals surface area contributed by atoms with Gasteiger partial charge in [0.1, 0.15) is 0 Å². The zero-order valence-electron chi connectivity index (χ0n) is 10.1. The number of rotatable bonds is 3. The molecule has 15 heavy (non-hydrogen) atoms. The molecule has 0 spiro atoms. The van der Waals surface area contributed by atoms with Crippen molar-refractivity contribution in [2.45, 2.75) is 20.8 Å². The molecule has 88 valence electrons. The molecule has 0 aliphatic carbocycles. The van der Waals surface area contributed by atoms with E-state index in [1.165, 1.54) is 0 Å². The number of carbonyl (C=O) groups excluding carboxylic acids is 1. The summed E-state index contributed by atoms with van der Waals surface area (Å²) in [6.45, 7) is 12.3. The summed E-state index contributed by atoms with van der Waals surface area (Å²) in [4.78, 5) is 15.3. The van der Waals surface area contributed by atoms with E-state index in [1.54, 1.807) is 0 Å². The van der Waals surface area contributed by atoms with E-state index >= 15 is 0 Å². The minimum atomic E-state index is -0.223. The summed E-state index contributed by atoms with van der Waals surface area (Å²) >= 11 is 0. The highest BCUT2D eigenvalue weighted by Crippen LogP contribution is 2.16. The molecule has 0 aromatic carbocycles. The van der Waals surface area contributed by atoms with Crippen LogP contribution in [0.5, 0.6) is 0 Å². The lowest BCUT2D eigenvalue weighted by Crippen LogP contribution is -2.50. The molecule has 1 aliphatic rings. The quantitative estimate of drug-likeness (QED) is 0.725. The molecule has 1 saturated heterocycles. The lowest BCUT2D eigenvalue weighted by Gasteiger charge is -2.37. The Kier molecular flexibility index (Phi) is 4.11. The van der Waals surface area contributed by atoms with Gasteiger partial charge in [0.25, 0.3) is 0 Å². The average molecular weight is 213 g/mol. The third kappa shape index (κ3) is 5.14. The molecule has 1 rings (SSSR count). The van der Waals surface area contributed by atoms with Gasteiger partial charge < -0.3 is 10.6 Å². The van der Waals surface area contributed by atoms with Crippen LogP contribution in [0.25, 0.3) is 0 Å². The summed E-state index contributed by atoms with van der Waals surface area (Å²) in [6, 6.07) is 0. The van der Waals surface area contributed by atoms with E-state index in [4.69, 9.17) is 5.73 Å². The molecule has 0 saturated carbocycles. The van der Waals surface area contributed by atoms with Crippen molar-refractivity contribution in [1.82, 2.24) is 9.80 Å². The van der Waals surface area contributed by atoms with E-state index in [-0.39, 0.29) is 5.91 Å². The molecule has 4 nitrogen and oxygen atoms in total. The molecule has 1 amide bonds. The normalized spacial score (nSPS) is 20.5. The second-order valence-electron chi connectivity index (χ2n) is 5.58. The number of nitrogens with two attached hydrogens (primary N) is 1. The van der Waals surface area contributed by atoms with Gasteiger partial charge in [-0.25, -0.2) is 0 Å². The Bertz CT molecular complexity index is 214. The fraction of sp³-hybridized carbons (Fsp3) is 0.909. The molecular formula is C11H23N3O. The van der Waals surface area contributed by atoms with Crippen molar-refractivity contribution >= 4 is 5.91 Å². The molecule has 0 bridgehead atoms. The number of hydrogen-bond acceptors (Lipinski definition) is 3. The molecule has 0 aromatic heterocycles. The Labute approximate surface area is 92.4 Å². The first kappa shape index (κ1) is 12.5. The lowest BCUT2D eigenvalue weighted by atomic mass is 9.96. The van der Waals surface area contributed by atoms with Crippen LogP contribution >= 0.6 is 0 Å². The molecule has 1 fully saturated rings. The van der Waals surface area contributed by atoms with Gasteiger partial charge in [-0.2, -0.15) is 0 Å². The van der Waals surface area contributed by atoms with Crippen molar-refractivity contribution in [3.63, 3.8) is 0 Å². The molecule has 4 heteroatoms. The van der Waals surface area contributed by atoms with E-state index in [0.717, 1.165) is 32.7 Å². The average Bonchev–Trinajstić information content (AvgIpc) is 2.05. The van der Waals surface area contributed by atoms with E-state index in [2.05, 4.69) is 30.6 Å². The first-order chi connectivity index (χ1) is 6.87. The van der Waals surface area contributed by atoms with Crippen LogP contribution in [0.3, 0.4) is 0 Å². The highest BCUT2D eigenvalue weighted by atomic mass is 16.1. The molecule has 1 heterocycles. The molecular weight excluding hydrogens is 190 g/mol. The number of piperazine rings is 1. The summed E-state index contributed by atoms with van der Waals surface area (Å²) in [5.41, 5.74) is 5.52. The minimum Gasteiger partial charge on any atom is -0.369 e. The summed E-state index contributed by atoms with van der Waals surface area (Å²) < 4.78 is 0. The molecule has 1 aliphatic heterocycles. The molecule has 0 aromatic rings. The highest BCUT2D eigenvalue weighted by molar-refractivity contribution is 5.75. The van der Waals surface area contributed by atoms with Crippen molar-refractivity contribution in [3.05, 3.63) is 0 Å². The van der Waals surface area contributed by atoms with Crippen molar-refractivity contribution in [2.75, 3.05) is 39.3 Å². The fourth-order valence-electron chi connectivity index (χ4n) is 2.00. The lowest BCUT2D eigenvalue weighted by molar-refractivity contribution is -0.119. The second kappa shape index (κ2) is 4.94. The van der Waals surface area contributed by atoms with Crippen molar-refractivity contribution < 1.29 is 4.79 Å². The monoisotopic (exact) mass is 213 g/mol. The molecule has 2 N–H and O–H groups in total. The van der Waals surface area contributed by atoms with E-state index in [1.807, 2.05) is 0 Å². The van der Waals surface area contributed by atoms with Gasteiger partial charge in [0.2, 0.25) is 5.91 Å². The van der Waals surface area contributed by atoms with Gasteiger partial charge in [0.15, 0.2) is 0 Å². The smallest absolute Gasteiger partial charge is 0.231 e. The fourth-order valence-corrected chi connectivity index (χ4v) is 2.00. The van der Waals surface area contributed by atoms with Gasteiger partial charge in [-0.1, -0.05) is 20.8 Å². The highest BCUT2D eigenvalue weighted by Gasteiger charge is 2.21. The van der Waals surface area contributed by atoms with Crippen molar-refractivity contribution in [3.8, 4) is 0 Å². The van der Waals surface area contributed by atoms with Gasteiger partial charge in [-0.15, -0.1) is 0 Å². The standard InChI is InChI=1S/C11H23N3O/c1-11(2,3)9-14-6-4-13(5-7-14)8-10(12)15/h4-9H2,1-3H3,(H2,12,15). The van der Waals surface area contributed by atoms with Crippen LogP contribution in [-0.4, -0.2) is 55.0 Å². The third-order valence-corrected chi connectivity index (χ3v) is 2.54. The zero-order valence-corrected chi connectivity index (χ0v) is 10.1. The summed E-state index contributed by atoms with van der Waals surface area (Å²) in [7, 11) is 0. The Balaban J connectivity index is 2.27. The first-order valence-corrected chi connectivity index (χ1v) is 5.60. The Morgan fingerprint density at radius 2 is 1.60 bits per heavy atom. The largest absolute Gasteiger partial charge is 0.369 e. The summed E-state index contributed by atoms with van der Waals surface area (Å²) in [6.07, 6.45) is 0. The SMILES string of the molecule is CC(C)(C)CN1CCN(CC(N)=O)CC1. The second-order valence-corrected chi connectivity index (χ2v) is 5.58. The Morgan fingerprint density at radius 1 is 1.13 bits per heavy atom. The number of nitrogens with zero attached hydrogens (tertiary/aromatic N) is 2. The van der Waals surface area contributed by atoms with Gasteiger partial charge >= 0.3 is 0 Å². The topological polar surface area (TPSA) is 49.6 Å². The molecule has 0 unspecified atom stereocenters. The number of amides is 1. The number of hydrogen-bond donors (Lipinski definition) is 1. The first-order valence-electron chi connectivity index (χ1n) is 5.60. The predicted molar refractivity (Wildman–Crippen MR) is 61.5 cm³/mol. The van der Waals surface area contributed by atoms with Crippen LogP contribution in [0, 0.1) is 5.41 Å². The predicted octanol–water partition coefficient (Wildman–Crippen LogP) is 0.135. The number of carbonyl (C=O) groups is 1. The van der Waals surface area contributed by atoms with E-state index < -0.39 is 0 Å². The van der Waals surface area contributed by atoms with Crippen LogP contribution in [0.4, 0.5) is 0 Å². The third-order valence-electron chi connectivity index (χ3n) is 2.54. The summed E-state index contributed by atoms with van der Waals surface area (Å²) in [5, 5.41) is 0. The maximum atomic E-state index is 10.7. The summed E-state index contributed by atoms with van der Waals surface area (Å²) in [5.74, 6) is -0.223. The molecule has 0 radical (unpaired) electrons. The van der Waals surface area contributed by atoms with Crippen LogP contribution in [-0.2, 0) is 4.79 Å². The Hall–Kier alpha value is -0.610. The zero-order chi connectivity index (χ0) is 11.5. The minimum absolute atomic E-state index is 0.223. The van der Waals surface area contributed by atoms with Gasteiger partial charge in [0, 0.05) is 32.7 Å². The van der Waals surface area contributed by atoms with Crippen LogP contribution < -0.4 is 5.73 Å². The van der Waals surface area contributed by atoms with E-state index in [0.29, 0.717) is 12.0 Å². The van der Waals surface area contributed by atoms with Gasteiger partial charge in [-0.3, -0.25) is 9.69 Å². The van der Waals surface area contributed by atoms with Crippen LogP contribution in [0.2, 0.25) is 0 Å². The van der Waals surface area contributed by atoms with Crippen LogP contribution in [0.1, 0.15) is 20.8 Å². The Morgan fingerprint density at radius 3 is 2.00 bits per heavy atom. The maximum absolute atomic E-state index is 10.7. The maximum Gasteiger partial charge on any atom is 0.231 e. The molecule has 0 atom stereocenters. The number of primary amides is 1. The van der Waals surface area contributed by atoms with Crippen molar-refractivity contribution in [2.24, 2.45) is 11.1 Å². The van der Waals surface area contributed by atoms with E-state index in [9.17, 15) is 4.79 Å². The van der Waals surface area contributed by atoms with Gasteiger partial charge in [-0.05, 0) is 5.41 Å². The van der Waals surface area contributed by atoms with Crippen LogP contribution in [0.15, 0.2) is 0 Å². The van der Waals surface area contributed by atoms with Crippen molar-refractivity contribution in [1.29, 1.82) is 0 Å². The van der Waals surface area contributed by atoms with Gasteiger partial charge in [0.05, 0.1) is 6.54 Å².